The Morgan fingerprint density at radius 1 is 0.388 bits per heavy atom. The molecule has 0 radical (unpaired) electrons. The summed E-state index contributed by atoms with van der Waals surface area (Å²) in [6.45, 7) is 3.41. The van der Waals surface area contributed by atoms with Gasteiger partial charge in [0.15, 0.2) is 0 Å². The third kappa shape index (κ3) is 15.5. The second-order valence-corrected chi connectivity index (χ2v) is 16.2. The van der Waals surface area contributed by atoms with Gasteiger partial charge in [0.2, 0.25) is 0 Å². The monoisotopic (exact) mass is 808 g/mol. The molecule has 49 heavy (non-hydrogen) atoms. The van der Waals surface area contributed by atoms with Crippen LogP contribution in [0.3, 0.4) is 0 Å². The molecule has 0 bridgehead atoms. The average Bonchev–Trinajstić information content (AvgIpc) is 3.04. The molecule has 2 nitrogen and oxygen atoms in total. The first kappa shape index (κ1) is 42.1. The van der Waals surface area contributed by atoms with E-state index in [2.05, 4.69) is 0 Å². The second-order valence-electron chi connectivity index (χ2n) is 11.3. The van der Waals surface area contributed by atoms with E-state index in [1.165, 1.54) is 0 Å². The zero-order valence-electron chi connectivity index (χ0n) is 26.5. The third-order valence-electron chi connectivity index (χ3n) is 7.11. The van der Waals surface area contributed by atoms with Gasteiger partial charge in [0, 0.05) is 0 Å². The molecule has 0 unspecified atom stereocenters. The molecule has 0 saturated heterocycles. The first-order chi connectivity index (χ1) is 22.5. The topological polar surface area (TPSA) is 46.1 Å². The van der Waals surface area contributed by atoms with Crippen LogP contribution in [0, 0.1) is 0 Å². The van der Waals surface area contributed by atoms with E-state index in [1.807, 2.05) is 121 Å². The van der Waals surface area contributed by atoms with Gasteiger partial charge in [-0.1, -0.05) is 169 Å². The Kier molecular flexibility index (Phi) is 15.2. The van der Waals surface area contributed by atoms with Crippen LogP contribution in [-0.2, 0) is 11.2 Å². The Hall–Kier alpha value is -3.10. The molecule has 0 spiro atoms. The Labute approximate surface area is 289 Å². The molecule has 0 amide bonds. The minimum absolute atomic E-state index is 0.802. The van der Waals surface area contributed by atoms with E-state index in [9.17, 15) is 54.1 Å². The number of benzene rings is 4. The molecule has 0 heterocycles. The molecule has 4 aromatic carbocycles. The molecular weight excluding hydrogens is 773 g/mol. The van der Waals surface area contributed by atoms with Crippen molar-refractivity contribution >= 4 is 21.1 Å². The molecule has 13 heteroatoms. The van der Waals surface area contributed by atoms with E-state index < -0.39 is 78.3 Å². The molecule has 4 aromatic rings. The van der Waals surface area contributed by atoms with Crippen molar-refractivity contribution in [2.24, 2.45) is 0 Å². The van der Waals surface area contributed by atoms with E-state index in [0.29, 0.717) is 0 Å². The summed E-state index contributed by atoms with van der Waals surface area (Å²) in [5.41, 5.74) is 0.880. The first-order valence-corrected chi connectivity index (χ1v) is 17.7. The predicted octanol–water partition coefficient (Wildman–Crippen LogP) is 9.18. The van der Waals surface area contributed by atoms with Crippen molar-refractivity contribution in [3.05, 3.63) is 144 Å². The van der Waals surface area contributed by atoms with Crippen molar-refractivity contribution in [2.45, 2.75) is 71.0 Å². The van der Waals surface area contributed by atoms with Crippen LogP contribution in [0.1, 0.15) is 61.8 Å². The van der Waals surface area contributed by atoms with Crippen molar-refractivity contribution in [3.63, 3.8) is 0 Å². The molecule has 0 aliphatic heterocycles. The van der Waals surface area contributed by atoms with Gasteiger partial charge >= 0.3 is 111 Å². The van der Waals surface area contributed by atoms with E-state index >= 15 is 0 Å². The average molecular weight is 807 g/mol. The fraction of sp³-hybridized carbons (Fsp3) is 0.333. The van der Waals surface area contributed by atoms with Gasteiger partial charge < -0.3 is 10.2 Å². The first-order valence-electron chi connectivity index (χ1n) is 14.9. The van der Waals surface area contributed by atoms with Gasteiger partial charge in [0.1, 0.15) is 0 Å². The van der Waals surface area contributed by atoms with Crippen LogP contribution in [0.25, 0.3) is 0 Å². The number of hydrogen-bond acceptors (Lipinski definition) is 2. The fourth-order valence-electron chi connectivity index (χ4n) is 4.35. The van der Waals surface area contributed by atoms with Crippen LogP contribution >= 0.6 is 0 Å². The number of alkyl halides is 10. The van der Waals surface area contributed by atoms with Gasteiger partial charge in [0.05, 0.1) is 0 Å². The van der Waals surface area contributed by atoms with E-state index in [4.69, 9.17) is 0 Å². The van der Waals surface area contributed by atoms with Crippen LogP contribution in [0.4, 0.5) is 43.9 Å². The molecule has 4 rings (SSSR count). The normalized spacial score (nSPS) is 12.5. The van der Waals surface area contributed by atoms with Crippen LogP contribution in [-0.4, -0.2) is 41.4 Å². The molecule has 0 atom stereocenters. The zero-order valence-corrected chi connectivity index (χ0v) is 29.3. The van der Waals surface area contributed by atoms with Crippen molar-refractivity contribution in [1.82, 2.24) is 0 Å². The van der Waals surface area contributed by atoms with E-state index in [0.717, 1.165) is 22.3 Å². The Morgan fingerprint density at radius 3 is 0.776 bits per heavy atom. The Bertz CT molecular complexity index is 1300. The molecule has 0 fully saturated rings. The van der Waals surface area contributed by atoms with Gasteiger partial charge in [-0.15, -0.1) is 0 Å². The van der Waals surface area contributed by atoms with E-state index in [1.54, 1.807) is 13.8 Å². The summed E-state index contributed by atoms with van der Waals surface area (Å²) in [6, 6.07) is 37.9. The maximum absolute atomic E-state index is 12.9. The summed E-state index contributed by atoms with van der Waals surface area (Å²) in [5, 5.41) is 25.0. The molecule has 264 valence electrons. The Balaban J connectivity index is 0.000000257. The summed E-state index contributed by atoms with van der Waals surface area (Å²) >= 11 is -4.05. The Morgan fingerprint density at radius 2 is 0.592 bits per heavy atom. The number of hydrogen-bond donors (Lipinski definition) is 0. The summed E-state index contributed by atoms with van der Waals surface area (Å²) < 4.78 is 113. The molecule has 0 N–H and O–H groups in total. The summed E-state index contributed by atoms with van der Waals surface area (Å²) in [4.78, 5) is 0. The molecular formula is C36H34F10O2Sn. The standard InChI is InChI=1S/2C14H13O.2C4H4F5.Sn/c2*1-14(15,12-8-4-2-5-9-12)13-10-6-3-7-11-13;2*5-3(6)1-2-4(7,8)9;/h2*2-11H,1H3;2*1-2H2;/q2*-1;;;+2. The van der Waals surface area contributed by atoms with Crippen molar-refractivity contribution in [3.8, 4) is 0 Å². The molecule has 0 aliphatic rings. The quantitative estimate of drug-likeness (QED) is 0.119. The van der Waals surface area contributed by atoms with E-state index in [-0.39, 0.29) is 0 Å². The zero-order chi connectivity index (χ0) is 37.0. The van der Waals surface area contributed by atoms with Crippen LogP contribution in [0.5, 0.6) is 0 Å². The fourth-order valence-corrected chi connectivity index (χ4v) is 7.30. The predicted molar refractivity (Wildman–Crippen MR) is 165 cm³/mol. The molecule has 0 aromatic heterocycles. The van der Waals surface area contributed by atoms with Crippen molar-refractivity contribution < 1.29 is 54.1 Å². The van der Waals surface area contributed by atoms with Crippen LogP contribution in [0.15, 0.2) is 121 Å². The van der Waals surface area contributed by atoms with Crippen molar-refractivity contribution in [2.75, 3.05) is 0 Å². The molecule has 0 saturated carbocycles. The van der Waals surface area contributed by atoms with Gasteiger partial charge in [0.25, 0.3) is 0 Å². The summed E-state index contributed by atoms with van der Waals surface area (Å²) in [6.07, 6.45) is -17.3. The summed E-state index contributed by atoms with van der Waals surface area (Å²) in [7, 11) is 0. The SMILES string of the molecule is CC([O-])(c1ccccc1)c1ccccc1.CC([O-])(c1ccccc1)c1ccccc1.FC(F)(F)CC[C](F)(F)[Sn+2][C](F)(F)CCC(F)(F)F. The van der Waals surface area contributed by atoms with Crippen LogP contribution in [0.2, 0.25) is 0 Å². The van der Waals surface area contributed by atoms with Gasteiger partial charge in [-0.05, 0) is 0 Å². The second kappa shape index (κ2) is 17.7. The maximum atomic E-state index is 12.9. The third-order valence-corrected chi connectivity index (χ3v) is 10.6. The van der Waals surface area contributed by atoms with Crippen molar-refractivity contribution in [1.29, 1.82) is 0 Å². The van der Waals surface area contributed by atoms with Gasteiger partial charge in [-0.3, -0.25) is 0 Å². The number of halogens is 10. The van der Waals surface area contributed by atoms with Gasteiger partial charge in [-0.2, -0.15) is 0 Å². The van der Waals surface area contributed by atoms with Gasteiger partial charge in [-0.25, -0.2) is 0 Å². The molecule has 0 aliphatic carbocycles. The minimum atomic E-state index is -4.91. The number of rotatable bonds is 10. The summed E-state index contributed by atoms with van der Waals surface area (Å²) in [5.74, 6) is 0. The van der Waals surface area contributed by atoms with Crippen LogP contribution < -0.4 is 10.2 Å².